The average Bonchev–Trinajstić information content (AvgIpc) is 3.05. The number of anilines is 1. The zero-order chi connectivity index (χ0) is 18.7. The largest absolute Gasteiger partial charge is 0.343 e. The van der Waals surface area contributed by atoms with Crippen LogP contribution in [0.15, 0.2) is 28.3 Å². The van der Waals surface area contributed by atoms with E-state index >= 15 is 0 Å². The summed E-state index contributed by atoms with van der Waals surface area (Å²) in [5.74, 6) is -8.55. The van der Waals surface area contributed by atoms with Crippen LogP contribution in [-0.4, -0.2) is 54.7 Å². The van der Waals surface area contributed by atoms with Gasteiger partial charge in [0.1, 0.15) is 17.8 Å². The molecule has 0 amide bonds. The van der Waals surface area contributed by atoms with Crippen molar-refractivity contribution < 1.29 is 17.6 Å². The number of alkyl halides is 4. The van der Waals surface area contributed by atoms with Crippen molar-refractivity contribution in [3.63, 3.8) is 0 Å². The van der Waals surface area contributed by atoms with Gasteiger partial charge in [0.2, 0.25) is 0 Å². The van der Waals surface area contributed by atoms with Crippen LogP contribution in [0.3, 0.4) is 0 Å². The van der Waals surface area contributed by atoms with Crippen molar-refractivity contribution in [3.8, 4) is 5.69 Å². The molecule has 1 saturated heterocycles. The van der Waals surface area contributed by atoms with Crippen LogP contribution in [0.1, 0.15) is 0 Å². The summed E-state index contributed by atoms with van der Waals surface area (Å²) in [6, 6.07) is 0. The number of hydrogen-bond acceptors (Lipinski definition) is 6. The summed E-state index contributed by atoms with van der Waals surface area (Å²) in [4.78, 5) is 35.6. The van der Waals surface area contributed by atoms with Gasteiger partial charge in [0.05, 0.1) is 18.5 Å². The van der Waals surface area contributed by atoms with Crippen LogP contribution in [0.25, 0.3) is 16.7 Å². The number of halogens is 4. The molecule has 1 aliphatic heterocycles. The highest BCUT2D eigenvalue weighted by atomic mass is 19.3. The predicted octanol–water partition coefficient (Wildman–Crippen LogP) is 0.283. The first-order chi connectivity index (χ1) is 12.2. The van der Waals surface area contributed by atoms with Gasteiger partial charge in [-0.05, 0) is 0 Å². The van der Waals surface area contributed by atoms with Crippen LogP contribution in [0.5, 0.6) is 0 Å². The number of nitrogens with one attached hydrogen (secondary N) is 2. The summed E-state index contributed by atoms with van der Waals surface area (Å²) in [7, 11) is 0. The molecule has 9 nitrogen and oxygen atoms in total. The van der Waals surface area contributed by atoms with Gasteiger partial charge >= 0.3 is 17.5 Å². The topological polar surface area (TPSA) is 113 Å². The van der Waals surface area contributed by atoms with E-state index in [0.717, 1.165) is 22.1 Å². The van der Waals surface area contributed by atoms with Crippen molar-refractivity contribution in [1.29, 1.82) is 0 Å². The van der Waals surface area contributed by atoms with E-state index in [-0.39, 0.29) is 22.5 Å². The van der Waals surface area contributed by atoms with Crippen LogP contribution < -0.4 is 16.1 Å². The lowest BCUT2D eigenvalue weighted by Crippen LogP contribution is -2.38. The van der Waals surface area contributed by atoms with Gasteiger partial charge in [-0.2, -0.15) is 17.6 Å². The normalized spacial score (nSPS) is 18.5. The van der Waals surface area contributed by atoms with E-state index in [1.165, 1.54) is 6.20 Å². The maximum Gasteiger partial charge on any atom is 0.329 e. The number of fused-ring (bicyclic) bond motifs is 1. The molecule has 0 unspecified atom stereocenters. The van der Waals surface area contributed by atoms with Crippen LogP contribution in [0.4, 0.5) is 23.4 Å². The summed E-state index contributed by atoms with van der Waals surface area (Å²) >= 11 is 0. The molecular formula is C13H9F4N7O2. The smallest absolute Gasteiger partial charge is 0.329 e. The maximum absolute atomic E-state index is 13.5. The first kappa shape index (κ1) is 16.2. The second-order valence-corrected chi connectivity index (χ2v) is 5.73. The Kier molecular flexibility index (Phi) is 3.20. The Morgan fingerprint density at radius 2 is 1.77 bits per heavy atom. The molecule has 0 aliphatic carbocycles. The summed E-state index contributed by atoms with van der Waals surface area (Å²) in [6.45, 7) is -2.42. The Morgan fingerprint density at radius 1 is 1.08 bits per heavy atom. The number of aromatic amines is 2. The molecule has 4 heterocycles. The number of aromatic nitrogens is 6. The van der Waals surface area contributed by atoms with Gasteiger partial charge in [0.25, 0.3) is 5.56 Å². The highest BCUT2D eigenvalue weighted by molar-refractivity contribution is 5.87. The Bertz CT molecular complexity index is 1100. The van der Waals surface area contributed by atoms with Gasteiger partial charge in [-0.1, -0.05) is 0 Å². The van der Waals surface area contributed by atoms with Crippen LogP contribution >= 0.6 is 0 Å². The van der Waals surface area contributed by atoms with Gasteiger partial charge in [-0.15, -0.1) is 5.10 Å². The third kappa shape index (κ3) is 2.34. The van der Waals surface area contributed by atoms with Crippen molar-refractivity contribution in [1.82, 2.24) is 29.7 Å². The number of hydrogen-bond donors (Lipinski definition) is 2. The Balaban J connectivity index is 1.83. The summed E-state index contributed by atoms with van der Waals surface area (Å²) in [5.41, 5.74) is -1.54. The fourth-order valence-corrected chi connectivity index (χ4v) is 2.69. The summed E-state index contributed by atoms with van der Waals surface area (Å²) in [6.07, 6.45) is 3.33. The van der Waals surface area contributed by atoms with E-state index in [4.69, 9.17) is 0 Å². The van der Waals surface area contributed by atoms with Crippen LogP contribution in [0, 0.1) is 0 Å². The van der Waals surface area contributed by atoms with Crippen LogP contribution in [-0.2, 0) is 0 Å². The first-order valence-electron chi connectivity index (χ1n) is 7.21. The lowest BCUT2D eigenvalue weighted by atomic mass is 10.2. The number of nitrogens with zero attached hydrogens (tertiary/aromatic N) is 5. The summed E-state index contributed by atoms with van der Waals surface area (Å²) in [5, 5.41) is 4.10. The SMILES string of the molecule is O=c1[nH]cc(-n2cc3c(N4CC(F)(F)C(F)(F)C4)ncnc3n2)c(=O)[nH]1. The zero-order valence-electron chi connectivity index (χ0n) is 12.7. The molecule has 0 atom stereocenters. The molecule has 13 heteroatoms. The van der Waals surface area contributed by atoms with Crippen LogP contribution in [0.2, 0.25) is 0 Å². The van der Waals surface area contributed by atoms with Crippen molar-refractivity contribution in [3.05, 3.63) is 39.6 Å². The molecule has 136 valence electrons. The minimum absolute atomic E-state index is 0.0131. The molecule has 0 radical (unpaired) electrons. The first-order valence-corrected chi connectivity index (χ1v) is 7.21. The zero-order valence-corrected chi connectivity index (χ0v) is 12.7. The van der Waals surface area contributed by atoms with Gasteiger partial charge in [-0.25, -0.2) is 19.4 Å². The third-order valence-electron chi connectivity index (χ3n) is 3.96. The molecule has 0 aromatic carbocycles. The Labute approximate surface area is 140 Å². The monoisotopic (exact) mass is 371 g/mol. The maximum atomic E-state index is 13.5. The van der Waals surface area contributed by atoms with E-state index in [1.54, 1.807) is 0 Å². The predicted molar refractivity (Wildman–Crippen MR) is 80.0 cm³/mol. The van der Waals surface area contributed by atoms with E-state index in [0.29, 0.717) is 0 Å². The Hall–Kier alpha value is -3.25. The fourth-order valence-electron chi connectivity index (χ4n) is 2.69. The molecule has 2 N–H and O–H groups in total. The third-order valence-corrected chi connectivity index (χ3v) is 3.96. The Morgan fingerprint density at radius 3 is 2.42 bits per heavy atom. The quantitative estimate of drug-likeness (QED) is 0.626. The number of H-pyrrole nitrogens is 2. The molecule has 0 spiro atoms. The minimum atomic E-state index is -4.20. The molecule has 3 aromatic rings. The molecule has 1 fully saturated rings. The lowest BCUT2D eigenvalue weighted by molar-refractivity contribution is -0.172. The van der Waals surface area contributed by atoms with Crippen molar-refractivity contribution in [2.45, 2.75) is 11.8 Å². The van der Waals surface area contributed by atoms with E-state index < -0.39 is 36.2 Å². The second kappa shape index (κ2) is 5.12. The molecule has 4 rings (SSSR count). The van der Waals surface area contributed by atoms with Gasteiger partial charge < -0.3 is 9.88 Å². The van der Waals surface area contributed by atoms with Crippen molar-refractivity contribution in [2.24, 2.45) is 0 Å². The average molecular weight is 371 g/mol. The minimum Gasteiger partial charge on any atom is -0.343 e. The summed E-state index contributed by atoms with van der Waals surface area (Å²) < 4.78 is 55.0. The van der Waals surface area contributed by atoms with Gasteiger partial charge in [-0.3, -0.25) is 9.78 Å². The lowest BCUT2D eigenvalue weighted by Gasteiger charge is -2.15. The van der Waals surface area contributed by atoms with Crippen molar-refractivity contribution >= 4 is 16.9 Å². The molecule has 0 saturated carbocycles. The fraction of sp³-hybridized carbons (Fsp3) is 0.308. The molecule has 0 bridgehead atoms. The van der Waals surface area contributed by atoms with Crippen molar-refractivity contribution in [2.75, 3.05) is 18.0 Å². The molecule has 3 aromatic heterocycles. The van der Waals surface area contributed by atoms with E-state index in [2.05, 4.69) is 20.1 Å². The highest BCUT2D eigenvalue weighted by Gasteiger charge is 2.63. The molecular weight excluding hydrogens is 362 g/mol. The molecule has 1 aliphatic rings. The highest BCUT2D eigenvalue weighted by Crippen LogP contribution is 2.43. The molecule has 26 heavy (non-hydrogen) atoms. The van der Waals surface area contributed by atoms with Gasteiger partial charge in [0.15, 0.2) is 5.65 Å². The standard InChI is InChI=1S/C13H9F4N7O2/c14-12(15)3-23(4-13(12,16)17)9-6-2-24(22-8(6)19-5-20-9)7-1-18-11(26)21-10(7)25/h1-2,5H,3-4H2,(H2,18,21,25,26). The van der Waals surface area contributed by atoms with E-state index in [1.807, 2.05) is 4.98 Å². The van der Waals surface area contributed by atoms with Gasteiger partial charge in [0, 0.05) is 12.4 Å². The second-order valence-electron chi connectivity index (χ2n) is 5.73. The van der Waals surface area contributed by atoms with E-state index in [9.17, 15) is 27.2 Å². The number of rotatable bonds is 2.